The van der Waals surface area contributed by atoms with E-state index in [1.165, 1.54) is 54.9 Å². The molecule has 1 N–H and O–H groups in total. The summed E-state index contributed by atoms with van der Waals surface area (Å²) in [6, 6.07) is 13.1. The highest BCUT2D eigenvalue weighted by molar-refractivity contribution is 5.87. The molecule has 0 spiro atoms. The van der Waals surface area contributed by atoms with Crippen molar-refractivity contribution in [1.29, 1.82) is 0 Å². The molecule has 4 aliphatic rings. The molecule has 0 radical (unpaired) electrons. The predicted octanol–water partition coefficient (Wildman–Crippen LogP) is 5.69. The second-order valence-corrected chi connectivity index (χ2v) is 9.16. The molecular formula is C24H31NO. The summed E-state index contributed by atoms with van der Waals surface area (Å²) in [5.41, 5.74) is 1.75. The van der Waals surface area contributed by atoms with Crippen LogP contribution in [-0.4, -0.2) is 12.1 Å². The van der Waals surface area contributed by atoms with E-state index in [1.807, 2.05) is 0 Å². The Kier molecular flexibility index (Phi) is 4.20. The van der Waals surface area contributed by atoms with E-state index in [0.717, 1.165) is 43.1 Å². The van der Waals surface area contributed by atoms with Gasteiger partial charge in [0.05, 0.1) is 6.61 Å². The van der Waals surface area contributed by atoms with Crippen molar-refractivity contribution < 1.29 is 4.74 Å². The molecule has 0 heterocycles. The number of hydrogen-bond acceptors (Lipinski definition) is 2. The summed E-state index contributed by atoms with van der Waals surface area (Å²) in [5.74, 6) is 4.02. The third-order valence-corrected chi connectivity index (χ3v) is 7.14. The van der Waals surface area contributed by atoms with E-state index < -0.39 is 0 Å². The molecule has 4 bridgehead atoms. The molecule has 0 aromatic heterocycles. The highest BCUT2D eigenvalue weighted by Gasteiger charge is 2.50. The van der Waals surface area contributed by atoms with E-state index in [1.54, 1.807) is 0 Å². The molecule has 26 heavy (non-hydrogen) atoms. The van der Waals surface area contributed by atoms with Gasteiger partial charge in [-0.15, -0.1) is 0 Å². The average molecular weight is 350 g/mol. The van der Waals surface area contributed by atoms with Crippen LogP contribution in [0.3, 0.4) is 0 Å². The second-order valence-electron chi connectivity index (χ2n) is 9.16. The van der Waals surface area contributed by atoms with Crippen molar-refractivity contribution in [2.24, 2.45) is 17.8 Å². The number of benzene rings is 2. The molecule has 0 saturated heterocycles. The SMILES string of the molecule is CCCOc1ccc2ccccc2c1CNC12CC3CC(CC(C3)C1)C2. The van der Waals surface area contributed by atoms with E-state index in [0.29, 0.717) is 5.54 Å². The largest absolute Gasteiger partial charge is 0.493 e. The van der Waals surface area contributed by atoms with Crippen molar-refractivity contribution in [1.82, 2.24) is 5.32 Å². The molecule has 4 fully saturated rings. The Bertz CT molecular complexity index is 761. The number of nitrogens with one attached hydrogen (secondary N) is 1. The van der Waals surface area contributed by atoms with Crippen molar-refractivity contribution >= 4 is 10.8 Å². The number of hydrogen-bond donors (Lipinski definition) is 1. The Morgan fingerprint density at radius 2 is 1.65 bits per heavy atom. The second kappa shape index (κ2) is 6.56. The molecule has 0 unspecified atom stereocenters. The van der Waals surface area contributed by atoms with Gasteiger partial charge in [-0.3, -0.25) is 0 Å². The van der Waals surface area contributed by atoms with Gasteiger partial charge in [-0.2, -0.15) is 0 Å². The lowest BCUT2D eigenvalue weighted by Crippen LogP contribution is -2.58. The Balaban J connectivity index is 1.43. The maximum atomic E-state index is 6.13. The first-order valence-corrected chi connectivity index (χ1v) is 10.6. The Hall–Kier alpha value is -1.54. The molecule has 0 amide bonds. The molecule has 138 valence electrons. The lowest BCUT2D eigenvalue weighted by atomic mass is 9.53. The lowest BCUT2D eigenvalue weighted by Gasteiger charge is -2.57. The van der Waals surface area contributed by atoms with Crippen molar-refractivity contribution in [2.45, 2.75) is 64.0 Å². The molecule has 2 aromatic carbocycles. The summed E-state index contributed by atoms with van der Waals surface area (Å²) in [7, 11) is 0. The van der Waals surface area contributed by atoms with Crippen LogP contribution in [0.1, 0.15) is 57.4 Å². The molecule has 0 atom stereocenters. The number of rotatable bonds is 6. The van der Waals surface area contributed by atoms with Gasteiger partial charge in [-0.25, -0.2) is 0 Å². The molecular weight excluding hydrogens is 318 g/mol. The van der Waals surface area contributed by atoms with Crippen LogP contribution in [0.25, 0.3) is 10.8 Å². The molecule has 2 heteroatoms. The fraction of sp³-hybridized carbons (Fsp3) is 0.583. The number of fused-ring (bicyclic) bond motifs is 1. The highest BCUT2D eigenvalue weighted by atomic mass is 16.5. The zero-order valence-corrected chi connectivity index (χ0v) is 16.0. The quantitative estimate of drug-likeness (QED) is 0.723. The summed E-state index contributed by atoms with van der Waals surface area (Å²) in [4.78, 5) is 0. The summed E-state index contributed by atoms with van der Waals surface area (Å²) < 4.78 is 6.13. The first-order chi connectivity index (χ1) is 12.7. The van der Waals surface area contributed by atoms with Gasteiger partial charge >= 0.3 is 0 Å². The lowest BCUT2D eigenvalue weighted by molar-refractivity contribution is -0.0206. The van der Waals surface area contributed by atoms with Crippen LogP contribution in [0.15, 0.2) is 36.4 Å². The molecule has 4 aliphatic carbocycles. The van der Waals surface area contributed by atoms with E-state index in [-0.39, 0.29) is 0 Å². The molecule has 6 rings (SSSR count). The molecule has 4 saturated carbocycles. The van der Waals surface area contributed by atoms with Gasteiger partial charge < -0.3 is 10.1 Å². The van der Waals surface area contributed by atoms with Gasteiger partial charge in [0.15, 0.2) is 0 Å². The highest BCUT2D eigenvalue weighted by Crippen LogP contribution is 2.55. The minimum absolute atomic E-state index is 0.397. The molecule has 0 aliphatic heterocycles. The Labute approximate surface area is 157 Å². The van der Waals surface area contributed by atoms with Gasteiger partial charge in [0.2, 0.25) is 0 Å². The van der Waals surface area contributed by atoms with E-state index in [4.69, 9.17) is 4.74 Å². The van der Waals surface area contributed by atoms with Crippen LogP contribution in [0.4, 0.5) is 0 Å². The average Bonchev–Trinajstić information content (AvgIpc) is 2.63. The van der Waals surface area contributed by atoms with Gasteiger partial charge in [0.1, 0.15) is 5.75 Å². The van der Waals surface area contributed by atoms with Crippen LogP contribution in [0.5, 0.6) is 5.75 Å². The van der Waals surface area contributed by atoms with E-state index in [9.17, 15) is 0 Å². The monoisotopic (exact) mass is 349 g/mol. The van der Waals surface area contributed by atoms with Crippen LogP contribution < -0.4 is 10.1 Å². The fourth-order valence-corrected chi connectivity index (χ4v) is 6.45. The standard InChI is InChI=1S/C24H31NO/c1-2-9-26-23-8-7-20-5-3-4-6-21(20)22(23)16-25-24-13-17-10-18(14-24)12-19(11-17)15-24/h3-8,17-19,25H,2,9-16H2,1H3. The van der Waals surface area contributed by atoms with Crippen LogP contribution >= 0.6 is 0 Å². The first-order valence-electron chi connectivity index (χ1n) is 10.6. The zero-order chi connectivity index (χ0) is 17.6. The summed E-state index contributed by atoms with van der Waals surface area (Å²) in [6.07, 6.45) is 9.74. The third kappa shape index (κ3) is 2.93. The number of ether oxygens (including phenoxy) is 1. The summed E-state index contributed by atoms with van der Waals surface area (Å²) in [6.45, 7) is 3.91. The third-order valence-electron chi connectivity index (χ3n) is 7.14. The van der Waals surface area contributed by atoms with E-state index in [2.05, 4.69) is 48.6 Å². The van der Waals surface area contributed by atoms with Crippen molar-refractivity contribution in [3.05, 3.63) is 42.0 Å². The molecule has 2 nitrogen and oxygen atoms in total. The van der Waals surface area contributed by atoms with Gasteiger partial charge in [-0.05, 0) is 79.5 Å². The van der Waals surface area contributed by atoms with Crippen molar-refractivity contribution in [3.8, 4) is 5.75 Å². The maximum absolute atomic E-state index is 6.13. The minimum atomic E-state index is 0.397. The minimum Gasteiger partial charge on any atom is -0.493 e. The maximum Gasteiger partial charge on any atom is 0.124 e. The summed E-state index contributed by atoms with van der Waals surface area (Å²) >= 11 is 0. The topological polar surface area (TPSA) is 21.3 Å². The predicted molar refractivity (Wildman–Crippen MR) is 107 cm³/mol. The van der Waals surface area contributed by atoms with Gasteiger partial charge in [0.25, 0.3) is 0 Å². The first kappa shape index (κ1) is 16.6. The summed E-state index contributed by atoms with van der Waals surface area (Å²) in [5, 5.41) is 6.74. The Morgan fingerprint density at radius 1 is 0.962 bits per heavy atom. The molecule has 2 aromatic rings. The van der Waals surface area contributed by atoms with Crippen molar-refractivity contribution in [3.63, 3.8) is 0 Å². The van der Waals surface area contributed by atoms with Crippen LogP contribution in [0.2, 0.25) is 0 Å². The van der Waals surface area contributed by atoms with Crippen LogP contribution in [0, 0.1) is 17.8 Å². The zero-order valence-electron chi connectivity index (χ0n) is 16.0. The fourth-order valence-electron chi connectivity index (χ4n) is 6.45. The van der Waals surface area contributed by atoms with Gasteiger partial charge in [0, 0.05) is 17.6 Å². The van der Waals surface area contributed by atoms with Crippen LogP contribution in [-0.2, 0) is 6.54 Å². The smallest absolute Gasteiger partial charge is 0.124 e. The van der Waals surface area contributed by atoms with E-state index >= 15 is 0 Å². The van der Waals surface area contributed by atoms with Gasteiger partial charge in [-0.1, -0.05) is 37.3 Å². The Morgan fingerprint density at radius 3 is 2.35 bits per heavy atom. The van der Waals surface area contributed by atoms with Crippen molar-refractivity contribution in [2.75, 3.05) is 6.61 Å². The normalized spacial score (nSPS) is 32.3.